The van der Waals surface area contributed by atoms with Crippen LogP contribution >= 0.6 is 0 Å². The van der Waals surface area contributed by atoms with Crippen molar-refractivity contribution in [2.24, 2.45) is 0 Å². The minimum Gasteiger partial charge on any atom is -0.493 e. The summed E-state index contributed by atoms with van der Waals surface area (Å²) < 4.78 is 11.0. The number of benzene rings is 2. The average molecular weight is 370 g/mol. The monoisotopic (exact) mass is 370 g/mol. The minimum absolute atomic E-state index is 0.0178. The molecule has 0 spiro atoms. The van der Waals surface area contributed by atoms with Crippen LogP contribution in [-0.4, -0.2) is 24.0 Å². The third-order valence-electron chi connectivity index (χ3n) is 3.67. The number of anilines is 1. The van der Waals surface area contributed by atoms with Crippen molar-refractivity contribution in [3.8, 4) is 11.5 Å². The first-order valence-electron chi connectivity index (χ1n) is 8.39. The molecule has 0 heterocycles. The first-order valence-corrected chi connectivity index (χ1v) is 8.39. The Morgan fingerprint density at radius 2 is 1.93 bits per heavy atom. The molecule has 0 radical (unpaired) electrons. The van der Waals surface area contributed by atoms with Gasteiger partial charge in [0.25, 0.3) is 5.69 Å². The minimum atomic E-state index is -0.502. The molecule has 1 amide bonds. The summed E-state index contributed by atoms with van der Waals surface area (Å²) in [5, 5.41) is 13.5. The van der Waals surface area contributed by atoms with Gasteiger partial charge in [-0.2, -0.15) is 0 Å². The lowest BCUT2D eigenvalue weighted by Crippen LogP contribution is -2.09. The molecular formula is C20H22N2O5. The normalized spacial score (nSPS) is 10.9. The van der Waals surface area contributed by atoms with E-state index in [0.29, 0.717) is 17.2 Å². The van der Waals surface area contributed by atoms with Gasteiger partial charge in [-0.15, -0.1) is 0 Å². The van der Waals surface area contributed by atoms with Crippen LogP contribution in [0.2, 0.25) is 0 Å². The Morgan fingerprint density at radius 1 is 1.19 bits per heavy atom. The molecule has 0 bridgehead atoms. The number of nitrogens with zero attached hydrogens (tertiary/aromatic N) is 1. The van der Waals surface area contributed by atoms with Crippen LogP contribution in [0.15, 0.2) is 42.5 Å². The standard InChI is InChI=1S/C20H22N2O5/c1-13(2)27-18-9-6-15(11-19(18)26-4)7-10-20(23)21-17-12-16(22(24)25)8-5-14(17)3/h5-13H,1-4H3,(H,21,23). The van der Waals surface area contributed by atoms with E-state index in [1.54, 1.807) is 38.3 Å². The second kappa shape index (κ2) is 8.84. The van der Waals surface area contributed by atoms with Gasteiger partial charge in [0.05, 0.1) is 23.8 Å². The zero-order valence-corrected chi connectivity index (χ0v) is 15.7. The van der Waals surface area contributed by atoms with Gasteiger partial charge in [0.15, 0.2) is 11.5 Å². The zero-order valence-electron chi connectivity index (χ0n) is 15.7. The highest BCUT2D eigenvalue weighted by Gasteiger charge is 2.10. The Bertz CT molecular complexity index is 875. The van der Waals surface area contributed by atoms with Crippen molar-refractivity contribution in [2.45, 2.75) is 26.9 Å². The van der Waals surface area contributed by atoms with Crippen molar-refractivity contribution in [3.63, 3.8) is 0 Å². The zero-order chi connectivity index (χ0) is 20.0. The van der Waals surface area contributed by atoms with Gasteiger partial charge in [-0.3, -0.25) is 14.9 Å². The number of amides is 1. The molecule has 2 aromatic carbocycles. The summed E-state index contributed by atoms with van der Waals surface area (Å²) >= 11 is 0. The number of non-ortho nitro benzene ring substituents is 1. The molecule has 0 unspecified atom stereocenters. The fourth-order valence-corrected chi connectivity index (χ4v) is 2.34. The quantitative estimate of drug-likeness (QED) is 0.444. The number of rotatable bonds is 7. The maximum absolute atomic E-state index is 12.2. The van der Waals surface area contributed by atoms with Gasteiger partial charge in [-0.1, -0.05) is 12.1 Å². The van der Waals surface area contributed by atoms with Gasteiger partial charge in [0.1, 0.15) is 0 Å². The molecule has 0 saturated heterocycles. The SMILES string of the molecule is COc1cc(C=CC(=O)Nc2cc([N+](=O)[O-])ccc2C)ccc1OC(C)C. The first kappa shape index (κ1) is 20.0. The van der Waals surface area contributed by atoms with Crippen molar-refractivity contribution in [2.75, 3.05) is 12.4 Å². The molecule has 0 aliphatic carbocycles. The van der Waals surface area contributed by atoms with Gasteiger partial charge >= 0.3 is 0 Å². The Kier molecular flexibility index (Phi) is 6.54. The Balaban J connectivity index is 2.13. The Hall–Kier alpha value is -3.35. The highest BCUT2D eigenvalue weighted by atomic mass is 16.6. The lowest BCUT2D eigenvalue weighted by molar-refractivity contribution is -0.384. The van der Waals surface area contributed by atoms with Crippen LogP contribution in [0, 0.1) is 17.0 Å². The van der Waals surface area contributed by atoms with E-state index in [9.17, 15) is 14.9 Å². The van der Waals surface area contributed by atoms with Crippen molar-refractivity contribution >= 4 is 23.4 Å². The van der Waals surface area contributed by atoms with Crippen LogP contribution in [-0.2, 0) is 4.79 Å². The Morgan fingerprint density at radius 3 is 2.56 bits per heavy atom. The van der Waals surface area contributed by atoms with Crippen LogP contribution in [0.1, 0.15) is 25.0 Å². The van der Waals surface area contributed by atoms with Crippen LogP contribution in [0.25, 0.3) is 6.08 Å². The average Bonchev–Trinajstić information content (AvgIpc) is 2.62. The number of hydrogen-bond acceptors (Lipinski definition) is 5. The molecule has 0 atom stereocenters. The van der Waals surface area contributed by atoms with Gasteiger partial charge < -0.3 is 14.8 Å². The van der Waals surface area contributed by atoms with E-state index in [0.717, 1.165) is 11.1 Å². The Labute approximate surface area is 157 Å². The summed E-state index contributed by atoms with van der Waals surface area (Å²) in [5.41, 5.74) is 1.82. The highest BCUT2D eigenvalue weighted by Crippen LogP contribution is 2.29. The second-order valence-electron chi connectivity index (χ2n) is 6.16. The van der Waals surface area contributed by atoms with E-state index >= 15 is 0 Å². The third-order valence-corrected chi connectivity index (χ3v) is 3.67. The predicted octanol–water partition coefficient (Wildman–Crippen LogP) is 4.35. The van der Waals surface area contributed by atoms with Crippen LogP contribution in [0.4, 0.5) is 11.4 Å². The van der Waals surface area contributed by atoms with Crippen LogP contribution < -0.4 is 14.8 Å². The summed E-state index contributed by atoms with van der Waals surface area (Å²) in [6.07, 6.45) is 3.00. The number of carbonyl (C=O) groups excluding carboxylic acids is 1. The molecule has 2 rings (SSSR count). The third kappa shape index (κ3) is 5.57. The van der Waals surface area contributed by atoms with Crippen molar-refractivity contribution in [1.82, 2.24) is 0 Å². The molecule has 0 aliphatic heterocycles. The van der Waals surface area contributed by atoms with Crippen molar-refractivity contribution in [3.05, 3.63) is 63.7 Å². The van der Waals surface area contributed by atoms with Crippen LogP contribution in [0.5, 0.6) is 11.5 Å². The lowest BCUT2D eigenvalue weighted by atomic mass is 10.1. The summed E-state index contributed by atoms with van der Waals surface area (Å²) in [6.45, 7) is 5.61. The van der Waals surface area contributed by atoms with Crippen molar-refractivity contribution in [1.29, 1.82) is 0 Å². The van der Waals surface area contributed by atoms with E-state index in [1.807, 2.05) is 19.9 Å². The summed E-state index contributed by atoms with van der Waals surface area (Å²) in [4.78, 5) is 22.5. The number of aryl methyl sites for hydroxylation is 1. The summed E-state index contributed by atoms with van der Waals surface area (Å²) in [5.74, 6) is 0.808. The molecule has 0 aliphatic rings. The van der Waals surface area contributed by atoms with E-state index in [-0.39, 0.29) is 17.7 Å². The van der Waals surface area contributed by atoms with E-state index in [4.69, 9.17) is 9.47 Å². The summed E-state index contributed by atoms with van der Waals surface area (Å²) in [6, 6.07) is 9.68. The molecule has 27 heavy (non-hydrogen) atoms. The van der Waals surface area contributed by atoms with E-state index in [1.165, 1.54) is 18.2 Å². The highest BCUT2D eigenvalue weighted by molar-refractivity contribution is 6.02. The first-order chi connectivity index (χ1) is 12.8. The smallest absolute Gasteiger partial charge is 0.271 e. The molecule has 0 aromatic heterocycles. The molecular weight excluding hydrogens is 348 g/mol. The predicted molar refractivity (Wildman–Crippen MR) is 104 cm³/mol. The molecule has 142 valence electrons. The molecule has 1 N–H and O–H groups in total. The molecule has 0 saturated carbocycles. The topological polar surface area (TPSA) is 90.7 Å². The fraction of sp³-hybridized carbons (Fsp3) is 0.250. The van der Waals surface area contributed by atoms with E-state index < -0.39 is 4.92 Å². The van der Waals surface area contributed by atoms with Crippen LogP contribution in [0.3, 0.4) is 0 Å². The number of carbonyl (C=O) groups is 1. The molecule has 2 aromatic rings. The van der Waals surface area contributed by atoms with Gasteiger partial charge in [-0.05, 0) is 50.1 Å². The second-order valence-corrected chi connectivity index (χ2v) is 6.16. The number of hydrogen-bond donors (Lipinski definition) is 1. The van der Waals surface area contributed by atoms with Gasteiger partial charge in [0, 0.05) is 18.2 Å². The largest absolute Gasteiger partial charge is 0.493 e. The van der Waals surface area contributed by atoms with Crippen molar-refractivity contribution < 1.29 is 19.2 Å². The number of nitro groups is 1. The van der Waals surface area contributed by atoms with Gasteiger partial charge in [-0.25, -0.2) is 0 Å². The maximum atomic E-state index is 12.2. The number of nitrogens with one attached hydrogen (secondary N) is 1. The van der Waals surface area contributed by atoms with Gasteiger partial charge in [0.2, 0.25) is 5.91 Å². The number of methoxy groups -OCH3 is 1. The lowest BCUT2D eigenvalue weighted by Gasteiger charge is -2.13. The molecule has 7 heteroatoms. The number of ether oxygens (including phenoxy) is 2. The fourth-order valence-electron chi connectivity index (χ4n) is 2.34. The summed E-state index contributed by atoms with van der Waals surface area (Å²) in [7, 11) is 1.55. The molecule has 0 fully saturated rings. The number of nitro benzene ring substituents is 1. The molecule has 7 nitrogen and oxygen atoms in total. The maximum Gasteiger partial charge on any atom is 0.271 e. The van der Waals surface area contributed by atoms with E-state index in [2.05, 4.69) is 5.32 Å².